The van der Waals surface area contributed by atoms with Crippen LogP contribution in [0.1, 0.15) is 99.9 Å². The molecule has 2 heterocycles. The van der Waals surface area contributed by atoms with Crippen LogP contribution in [0.25, 0.3) is 0 Å². The third kappa shape index (κ3) is 8.48. The standard InChI is InChI=1S/C74H71BN2Si/c1-71(2,52-28-16-11-17-29-52)56-36-26-38-60(46-56)76-66-48-58(73(5,6)54-32-20-13-21-33-54)42-44-64(66)75-65-45-43-59(74(7,8)55-34-22-14-23-35-55)49-67(65)77(61-39-27-37-57(47-61)72(3,4)53-30-18-12-19-31-53)69-51-63(50-68(76)70(69)75)78(9,10)62-40-24-15-25-41-62/h11-51H,1-10H3. The maximum atomic E-state index is 2.66. The van der Waals surface area contributed by atoms with E-state index >= 15 is 0 Å². The SMILES string of the molecule is CC(C)(c1ccccc1)c1cccc(N2c3cc(C(C)(C)c4ccccc4)ccc3B3c4ccc(C(C)(C)c5ccccc5)cc4N(c4cccc(C(C)(C)c5ccccc5)c4)c4cc([Si](C)(C)c5ccccc5)cc2c43)c1. The van der Waals surface area contributed by atoms with E-state index in [1.165, 1.54) is 94.0 Å². The average Bonchev–Trinajstić information content (AvgIpc) is 3.53. The summed E-state index contributed by atoms with van der Waals surface area (Å²) in [5.41, 5.74) is 20.5. The van der Waals surface area contributed by atoms with Crippen molar-refractivity contribution in [3.63, 3.8) is 0 Å². The Morgan fingerprint density at radius 2 is 0.590 bits per heavy atom. The second kappa shape index (κ2) is 19.2. The zero-order chi connectivity index (χ0) is 54.2. The first-order valence-corrected chi connectivity index (χ1v) is 31.0. The number of nitrogens with zero attached hydrogens (tertiary/aromatic N) is 2. The highest BCUT2D eigenvalue weighted by molar-refractivity contribution is 7.02. The lowest BCUT2D eigenvalue weighted by Gasteiger charge is -2.46. The summed E-state index contributed by atoms with van der Waals surface area (Å²) in [5.74, 6) is 0. The third-order valence-electron chi connectivity index (χ3n) is 18.4. The second-order valence-electron chi connectivity index (χ2n) is 24.6. The summed E-state index contributed by atoms with van der Waals surface area (Å²) in [7, 11) is -2.40. The van der Waals surface area contributed by atoms with E-state index in [0.717, 1.165) is 11.4 Å². The summed E-state index contributed by atoms with van der Waals surface area (Å²) in [6.45, 7) is 24.0. The van der Waals surface area contributed by atoms with E-state index in [4.69, 9.17) is 0 Å². The molecule has 0 radical (unpaired) electrons. The summed E-state index contributed by atoms with van der Waals surface area (Å²) in [6.07, 6.45) is 0. The molecule has 2 aliphatic rings. The predicted octanol–water partition coefficient (Wildman–Crippen LogP) is 15.9. The van der Waals surface area contributed by atoms with Gasteiger partial charge in [0.1, 0.15) is 8.07 Å². The topological polar surface area (TPSA) is 6.48 Å². The van der Waals surface area contributed by atoms with Crippen molar-refractivity contribution in [3.8, 4) is 0 Å². The molecule has 0 amide bonds. The van der Waals surface area contributed by atoms with Gasteiger partial charge in [0.25, 0.3) is 6.71 Å². The summed E-state index contributed by atoms with van der Waals surface area (Å²) >= 11 is 0. The quantitative estimate of drug-likeness (QED) is 0.113. The van der Waals surface area contributed by atoms with Crippen molar-refractivity contribution in [2.75, 3.05) is 9.80 Å². The molecule has 0 fully saturated rings. The van der Waals surface area contributed by atoms with Crippen LogP contribution < -0.4 is 36.6 Å². The molecule has 4 heteroatoms. The molecule has 0 aromatic heterocycles. The molecule has 10 aromatic rings. The lowest BCUT2D eigenvalue weighted by molar-refractivity contribution is 0.640. The van der Waals surface area contributed by atoms with Crippen molar-refractivity contribution in [1.82, 2.24) is 0 Å². The van der Waals surface area contributed by atoms with Crippen LogP contribution in [-0.2, 0) is 21.7 Å². The molecule has 0 saturated carbocycles. The second-order valence-corrected chi connectivity index (χ2v) is 29.0. The number of rotatable bonds is 12. The lowest BCUT2D eigenvalue weighted by atomic mass is 9.33. The van der Waals surface area contributed by atoms with Gasteiger partial charge in [-0.05, 0) is 109 Å². The highest BCUT2D eigenvalue weighted by Crippen LogP contribution is 2.48. The van der Waals surface area contributed by atoms with Gasteiger partial charge < -0.3 is 9.80 Å². The fourth-order valence-corrected chi connectivity index (χ4v) is 15.2. The van der Waals surface area contributed by atoms with Gasteiger partial charge >= 0.3 is 0 Å². The van der Waals surface area contributed by atoms with Gasteiger partial charge in [0.2, 0.25) is 0 Å². The molecule has 0 saturated heterocycles. The van der Waals surface area contributed by atoms with E-state index in [1.807, 2.05) is 0 Å². The van der Waals surface area contributed by atoms with E-state index in [-0.39, 0.29) is 28.4 Å². The van der Waals surface area contributed by atoms with E-state index < -0.39 is 8.07 Å². The van der Waals surface area contributed by atoms with Crippen molar-refractivity contribution in [2.24, 2.45) is 0 Å². The maximum absolute atomic E-state index is 2.66. The summed E-state index contributed by atoms with van der Waals surface area (Å²) in [4.78, 5) is 5.31. The Balaban J connectivity index is 1.19. The van der Waals surface area contributed by atoms with Gasteiger partial charge in [-0.25, -0.2) is 0 Å². The summed E-state index contributed by atoms with van der Waals surface area (Å²) in [5, 5.41) is 2.81. The summed E-state index contributed by atoms with van der Waals surface area (Å²) < 4.78 is 0. The molecule has 0 unspecified atom stereocenters. The van der Waals surface area contributed by atoms with E-state index in [9.17, 15) is 0 Å². The Kier molecular flexibility index (Phi) is 12.5. The number of hydrogen-bond donors (Lipinski definition) is 0. The normalized spacial score (nSPS) is 13.4. The fourth-order valence-electron chi connectivity index (χ4n) is 12.9. The molecule has 0 atom stereocenters. The van der Waals surface area contributed by atoms with Crippen molar-refractivity contribution < 1.29 is 0 Å². The maximum Gasteiger partial charge on any atom is 0.252 e. The van der Waals surface area contributed by atoms with Gasteiger partial charge in [0.15, 0.2) is 0 Å². The Bertz CT molecular complexity index is 3600. The molecule has 2 aliphatic heterocycles. The lowest BCUT2D eigenvalue weighted by Crippen LogP contribution is -2.63. The Labute approximate surface area is 466 Å². The Morgan fingerprint density at radius 3 is 0.936 bits per heavy atom. The third-order valence-corrected chi connectivity index (χ3v) is 21.9. The molecular formula is C74H71BN2Si. The minimum atomic E-state index is -2.40. The van der Waals surface area contributed by atoms with Crippen LogP contribution in [-0.4, -0.2) is 14.8 Å². The van der Waals surface area contributed by atoms with Crippen molar-refractivity contribution >= 4 is 75.7 Å². The van der Waals surface area contributed by atoms with E-state index in [1.54, 1.807) is 0 Å². The average molecular weight is 1030 g/mol. The Morgan fingerprint density at radius 1 is 0.282 bits per heavy atom. The molecule has 10 aromatic carbocycles. The molecule has 0 bridgehead atoms. The van der Waals surface area contributed by atoms with Crippen LogP contribution in [0, 0.1) is 0 Å². The van der Waals surface area contributed by atoms with Crippen LogP contribution in [0.5, 0.6) is 0 Å². The highest BCUT2D eigenvalue weighted by atomic mass is 28.3. The van der Waals surface area contributed by atoms with Crippen LogP contribution in [0.15, 0.2) is 249 Å². The van der Waals surface area contributed by atoms with E-state index in [2.05, 4.69) is 327 Å². The number of anilines is 6. The molecule has 0 spiro atoms. The van der Waals surface area contributed by atoms with Gasteiger partial charge in [-0.3, -0.25) is 0 Å². The molecular weight excluding hydrogens is 956 g/mol. The first-order valence-electron chi connectivity index (χ1n) is 28.0. The van der Waals surface area contributed by atoms with Crippen molar-refractivity contribution in [3.05, 3.63) is 293 Å². The molecule has 2 nitrogen and oxygen atoms in total. The Hall–Kier alpha value is -7.92. The largest absolute Gasteiger partial charge is 0.311 e. The number of fused-ring (bicyclic) bond motifs is 4. The minimum Gasteiger partial charge on any atom is -0.311 e. The van der Waals surface area contributed by atoms with Crippen LogP contribution in [0.4, 0.5) is 34.1 Å². The monoisotopic (exact) mass is 1030 g/mol. The van der Waals surface area contributed by atoms with E-state index in [0.29, 0.717) is 0 Å². The van der Waals surface area contributed by atoms with Crippen LogP contribution >= 0.6 is 0 Å². The first kappa shape index (κ1) is 50.9. The zero-order valence-corrected chi connectivity index (χ0v) is 48.1. The molecule has 78 heavy (non-hydrogen) atoms. The molecule has 0 aliphatic carbocycles. The predicted molar refractivity (Wildman–Crippen MR) is 338 cm³/mol. The zero-order valence-electron chi connectivity index (χ0n) is 47.1. The van der Waals surface area contributed by atoms with Gasteiger partial charge in [-0.2, -0.15) is 0 Å². The van der Waals surface area contributed by atoms with Gasteiger partial charge in [-0.1, -0.05) is 279 Å². The minimum absolute atomic E-state index is 0.0567. The van der Waals surface area contributed by atoms with Gasteiger partial charge in [0, 0.05) is 55.8 Å². The van der Waals surface area contributed by atoms with Crippen molar-refractivity contribution in [1.29, 1.82) is 0 Å². The van der Waals surface area contributed by atoms with Crippen molar-refractivity contribution in [2.45, 2.75) is 90.1 Å². The number of benzene rings is 10. The van der Waals surface area contributed by atoms with Crippen LogP contribution in [0.2, 0.25) is 13.1 Å². The molecule has 0 N–H and O–H groups in total. The number of hydrogen-bond acceptors (Lipinski definition) is 2. The summed E-state index contributed by atoms with van der Waals surface area (Å²) in [6, 6.07) is 94.5. The first-order chi connectivity index (χ1) is 37.5. The molecule has 384 valence electrons. The smallest absolute Gasteiger partial charge is 0.252 e. The van der Waals surface area contributed by atoms with Crippen LogP contribution in [0.3, 0.4) is 0 Å². The highest BCUT2D eigenvalue weighted by Gasteiger charge is 2.46. The van der Waals surface area contributed by atoms with Gasteiger partial charge in [-0.15, -0.1) is 0 Å². The van der Waals surface area contributed by atoms with Gasteiger partial charge in [0.05, 0.1) is 0 Å². The fraction of sp³-hybridized carbons (Fsp3) is 0.189. The molecule has 12 rings (SSSR count).